The van der Waals surface area contributed by atoms with E-state index in [0.717, 1.165) is 17.7 Å². The molecule has 0 amide bonds. The second kappa shape index (κ2) is 4.74. The van der Waals surface area contributed by atoms with Crippen LogP contribution in [0.5, 0.6) is 0 Å². The van der Waals surface area contributed by atoms with Crippen molar-refractivity contribution in [3.05, 3.63) is 64.2 Å². The number of fused-ring (bicyclic) bond motifs is 1. The Kier molecular flexibility index (Phi) is 3.07. The van der Waals surface area contributed by atoms with Gasteiger partial charge >= 0.3 is 0 Å². The van der Waals surface area contributed by atoms with E-state index < -0.39 is 5.82 Å². The van der Waals surface area contributed by atoms with Crippen molar-refractivity contribution in [1.82, 2.24) is 4.98 Å². The van der Waals surface area contributed by atoms with Crippen LogP contribution in [0.25, 0.3) is 0 Å². The van der Waals surface area contributed by atoms with Gasteiger partial charge in [0, 0.05) is 11.2 Å². The highest BCUT2D eigenvalue weighted by atomic mass is 35.5. The molecule has 19 heavy (non-hydrogen) atoms. The molecule has 1 aromatic carbocycles. The first-order valence-electron chi connectivity index (χ1n) is 6.10. The molecule has 1 aliphatic carbocycles. The molecule has 1 heterocycles. The molecule has 0 bridgehead atoms. The fourth-order valence-corrected chi connectivity index (χ4v) is 2.70. The van der Waals surface area contributed by atoms with Crippen molar-refractivity contribution in [3.63, 3.8) is 0 Å². The monoisotopic (exact) mass is 275 g/mol. The predicted octanol–water partition coefficient (Wildman–Crippen LogP) is 3.79. The third-order valence-electron chi connectivity index (χ3n) is 3.47. The molecule has 0 saturated carbocycles. The Morgan fingerprint density at radius 2 is 2.21 bits per heavy atom. The second-order valence-electron chi connectivity index (χ2n) is 4.63. The molecule has 3 rings (SSSR count). The van der Waals surface area contributed by atoms with Gasteiger partial charge < -0.3 is 0 Å². The van der Waals surface area contributed by atoms with Crippen LogP contribution in [0.15, 0.2) is 36.5 Å². The van der Waals surface area contributed by atoms with E-state index in [1.807, 2.05) is 12.1 Å². The molecule has 0 fully saturated rings. The molecular weight excluding hydrogens is 265 g/mol. The lowest BCUT2D eigenvalue weighted by molar-refractivity contribution is 0.0954. The summed E-state index contributed by atoms with van der Waals surface area (Å²) >= 11 is 5.70. The number of hydrogen-bond acceptors (Lipinski definition) is 2. The van der Waals surface area contributed by atoms with Gasteiger partial charge in [-0.15, -0.1) is 0 Å². The summed E-state index contributed by atoms with van der Waals surface area (Å²) in [5.74, 6) is -1.12. The lowest BCUT2D eigenvalue weighted by Gasteiger charge is -2.10. The Hall–Kier alpha value is -1.74. The van der Waals surface area contributed by atoms with Gasteiger partial charge in [-0.3, -0.25) is 9.78 Å². The summed E-state index contributed by atoms with van der Waals surface area (Å²) in [6, 6.07) is 7.97. The Bertz CT molecular complexity index is 656. The van der Waals surface area contributed by atoms with E-state index in [1.165, 1.54) is 18.2 Å². The van der Waals surface area contributed by atoms with Gasteiger partial charge in [0.1, 0.15) is 5.82 Å². The van der Waals surface area contributed by atoms with Gasteiger partial charge in [-0.2, -0.15) is 0 Å². The average molecular weight is 276 g/mol. The molecule has 2 aromatic rings. The topological polar surface area (TPSA) is 30.0 Å². The van der Waals surface area contributed by atoms with Crippen molar-refractivity contribution in [1.29, 1.82) is 0 Å². The van der Waals surface area contributed by atoms with Gasteiger partial charge in [0.15, 0.2) is 5.78 Å². The van der Waals surface area contributed by atoms with Gasteiger partial charge in [-0.05, 0) is 42.7 Å². The number of aryl methyl sites for hydroxylation is 1. The van der Waals surface area contributed by atoms with E-state index in [1.54, 1.807) is 6.20 Å². The summed E-state index contributed by atoms with van der Waals surface area (Å²) in [5, 5.41) is 0.291. The van der Waals surface area contributed by atoms with Gasteiger partial charge in [0.05, 0.1) is 17.2 Å². The highest BCUT2D eigenvalue weighted by molar-refractivity contribution is 6.30. The van der Waals surface area contributed by atoms with Crippen LogP contribution < -0.4 is 0 Å². The molecule has 1 unspecified atom stereocenters. The number of pyridine rings is 1. The standard InChI is InChI=1S/C15H11ClFNO/c16-10-4-6-11(13(17)8-10)15(19)12-5-3-9-2-1-7-18-14(9)12/h1-2,4,6-8,12H,3,5H2. The zero-order chi connectivity index (χ0) is 13.4. The van der Waals surface area contributed by atoms with E-state index in [0.29, 0.717) is 11.4 Å². The maximum atomic E-state index is 13.8. The minimum Gasteiger partial charge on any atom is -0.293 e. The van der Waals surface area contributed by atoms with Crippen LogP contribution in [-0.4, -0.2) is 10.8 Å². The number of hydrogen-bond donors (Lipinski definition) is 0. The molecule has 1 aromatic heterocycles. The van der Waals surface area contributed by atoms with Crippen molar-refractivity contribution in [2.45, 2.75) is 18.8 Å². The van der Waals surface area contributed by atoms with Crippen molar-refractivity contribution in [2.75, 3.05) is 0 Å². The number of carbonyl (C=O) groups excluding carboxylic acids is 1. The van der Waals surface area contributed by atoms with Crippen LogP contribution in [-0.2, 0) is 6.42 Å². The largest absolute Gasteiger partial charge is 0.293 e. The van der Waals surface area contributed by atoms with E-state index in [9.17, 15) is 9.18 Å². The molecule has 96 valence electrons. The number of Topliss-reactive ketones (excluding diaryl/α,β-unsaturated/α-hetero) is 1. The summed E-state index contributed by atoms with van der Waals surface area (Å²) in [7, 11) is 0. The zero-order valence-corrected chi connectivity index (χ0v) is 10.8. The van der Waals surface area contributed by atoms with E-state index in [-0.39, 0.29) is 17.3 Å². The Labute approximate surface area is 115 Å². The molecule has 0 spiro atoms. The Balaban J connectivity index is 1.98. The van der Waals surface area contributed by atoms with Crippen LogP contribution in [0.2, 0.25) is 5.02 Å². The van der Waals surface area contributed by atoms with E-state index in [2.05, 4.69) is 4.98 Å². The molecule has 0 aliphatic heterocycles. The summed E-state index contributed by atoms with van der Waals surface area (Å²) in [4.78, 5) is 16.7. The summed E-state index contributed by atoms with van der Waals surface area (Å²) in [5.41, 5.74) is 1.95. The first-order chi connectivity index (χ1) is 9.16. The van der Waals surface area contributed by atoms with Gasteiger partial charge in [-0.25, -0.2) is 4.39 Å². The van der Waals surface area contributed by atoms with Crippen molar-refractivity contribution < 1.29 is 9.18 Å². The van der Waals surface area contributed by atoms with Gasteiger partial charge in [-0.1, -0.05) is 17.7 Å². The average Bonchev–Trinajstić information content (AvgIpc) is 2.82. The predicted molar refractivity (Wildman–Crippen MR) is 71.0 cm³/mol. The normalized spacial score (nSPS) is 17.3. The molecule has 0 N–H and O–H groups in total. The highest BCUT2D eigenvalue weighted by Crippen LogP contribution is 2.34. The Morgan fingerprint density at radius 3 is 3.00 bits per heavy atom. The molecule has 0 radical (unpaired) electrons. The Morgan fingerprint density at radius 1 is 1.37 bits per heavy atom. The van der Waals surface area contributed by atoms with Gasteiger partial charge in [0.2, 0.25) is 0 Å². The minimum atomic E-state index is -0.568. The van der Waals surface area contributed by atoms with Crippen molar-refractivity contribution in [3.8, 4) is 0 Å². The quantitative estimate of drug-likeness (QED) is 0.781. The number of benzene rings is 1. The SMILES string of the molecule is O=C(c1ccc(Cl)cc1F)C1CCc2cccnc21. The van der Waals surface area contributed by atoms with E-state index >= 15 is 0 Å². The number of aromatic nitrogens is 1. The van der Waals surface area contributed by atoms with Crippen LogP contribution in [0.1, 0.15) is 34.0 Å². The first kappa shape index (κ1) is 12.3. The highest BCUT2D eigenvalue weighted by Gasteiger charge is 2.31. The summed E-state index contributed by atoms with van der Waals surface area (Å²) in [6.45, 7) is 0. The summed E-state index contributed by atoms with van der Waals surface area (Å²) < 4.78 is 13.8. The minimum absolute atomic E-state index is 0.0907. The molecule has 4 heteroatoms. The van der Waals surface area contributed by atoms with Crippen molar-refractivity contribution >= 4 is 17.4 Å². The fraction of sp³-hybridized carbons (Fsp3) is 0.200. The number of carbonyl (C=O) groups is 1. The number of ketones is 1. The lowest BCUT2D eigenvalue weighted by Crippen LogP contribution is -2.13. The molecular formula is C15H11ClFNO. The maximum Gasteiger partial charge on any atom is 0.174 e. The second-order valence-corrected chi connectivity index (χ2v) is 5.06. The first-order valence-corrected chi connectivity index (χ1v) is 6.47. The molecule has 2 nitrogen and oxygen atoms in total. The fourth-order valence-electron chi connectivity index (χ4n) is 2.54. The zero-order valence-electron chi connectivity index (χ0n) is 10.1. The van der Waals surface area contributed by atoms with Gasteiger partial charge in [0.25, 0.3) is 0 Å². The molecule has 1 atom stereocenters. The van der Waals surface area contributed by atoms with Crippen molar-refractivity contribution in [2.24, 2.45) is 0 Å². The molecule has 0 saturated heterocycles. The van der Waals surface area contributed by atoms with Crippen LogP contribution >= 0.6 is 11.6 Å². The summed E-state index contributed by atoms with van der Waals surface area (Å²) in [6.07, 6.45) is 3.17. The van der Waals surface area contributed by atoms with Crippen LogP contribution in [0.4, 0.5) is 4.39 Å². The number of halogens is 2. The lowest BCUT2D eigenvalue weighted by atomic mass is 9.95. The maximum absolute atomic E-state index is 13.8. The smallest absolute Gasteiger partial charge is 0.174 e. The van der Waals surface area contributed by atoms with Crippen LogP contribution in [0, 0.1) is 5.82 Å². The number of rotatable bonds is 2. The third kappa shape index (κ3) is 2.15. The van der Waals surface area contributed by atoms with E-state index in [4.69, 9.17) is 11.6 Å². The number of nitrogens with zero attached hydrogens (tertiary/aromatic N) is 1. The molecule has 1 aliphatic rings. The van der Waals surface area contributed by atoms with Crippen LogP contribution in [0.3, 0.4) is 0 Å². The third-order valence-corrected chi connectivity index (χ3v) is 3.71.